The fraction of sp³-hybridized carbons (Fsp3) is 0.429. The summed E-state index contributed by atoms with van der Waals surface area (Å²) < 4.78 is 11.7. The van der Waals surface area contributed by atoms with E-state index in [0.717, 1.165) is 23.9 Å². The molecule has 20 heavy (non-hydrogen) atoms. The van der Waals surface area contributed by atoms with Crippen molar-refractivity contribution < 1.29 is 14.4 Å². The number of phenols is 1. The first-order valence-corrected chi connectivity index (χ1v) is 7.45. The average Bonchev–Trinajstić information content (AvgIpc) is 2.88. The van der Waals surface area contributed by atoms with Crippen molar-refractivity contribution in [3.05, 3.63) is 28.5 Å². The Hall–Kier alpha value is -1.40. The summed E-state index contributed by atoms with van der Waals surface area (Å²) in [6.45, 7) is 0.808. The van der Waals surface area contributed by atoms with Crippen LogP contribution >= 0.6 is 15.9 Å². The van der Waals surface area contributed by atoms with Crippen molar-refractivity contribution in [3.8, 4) is 17.2 Å². The van der Waals surface area contributed by atoms with E-state index in [1.54, 1.807) is 12.1 Å². The van der Waals surface area contributed by atoms with E-state index < -0.39 is 0 Å². The molecular weight excluding hydrogens is 324 g/mol. The van der Waals surface area contributed by atoms with Crippen LogP contribution in [0.15, 0.2) is 27.2 Å². The highest BCUT2D eigenvalue weighted by molar-refractivity contribution is 9.10. The molecule has 0 amide bonds. The highest BCUT2D eigenvalue weighted by Crippen LogP contribution is 2.30. The smallest absolute Gasteiger partial charge is 0.261 e. The third-order valence-corrected chi connectivity index (χ3v) is 3.84. The standard InChI is InChI=1S/C14H15BrN2O3/c15-9-4-5-11(12(18)7-9)14-16-13(17-20-14)8-10-3-1-2-6-19-10/h4-5,7,10,18H,1-3,6,8H2. The summed E-state index contributed by atoms with van der Waals surface area (Å²) in [4.78, 5) is 4.33. The molecule has 1 atom stereocenters. The molecular formula is C14H15BrN2O3. The van der Waals surface area contributed by atoms with Gasteiger partial charge in [0.2, 0.25) is 0 Å². The summed E-state index contributed by atoms with van der Waals surface area (Å²) in [6, 6.07) is 5.17. The van der Waals surface area contributed by atoms with Gasteiger partial charge in [0.15, 0.2) is 5.82 Å². The van der Waals surface area contributed by atoms with E-state index in [1.807, 2.05) is 6.07 Å². The molecule has 5 nitrogen and oxygen atoms in total. The van der Waals surface area contributed by atoms with Crippen molar-refractivity contribution in [2.45, 2.75) is 31.8 Å². The van der Waals surface area contributed by atoms with E-state index in [-0.39, 0.29) is 11.9 Å². The predicted octanol–water partition coefficient (Wildman–Crippen LogP) is 3.32. The van der Waals surface area contributed by atoms with E-state index in [1.165, 1.54) is 6.42 Å². The van der Waals surface area contributed by atoms with Crippen LogP contribution in [-0.4, -0.2) is 28.0 Å². The van der Waals surface area contributed by atoms with Crippen molar-refractivity contribution in [1.29, 1.82) is 0 Å². The van der Waals surface area contributed by atoms with Gasteiger partial charge in [-0.1, -0.05) is 21.1 Å². The van der Waals surface area contributed by atoms with Gasteiger partial charge in [-0.2, -0.15) is 4.98 Å². The fourth-order valence-corrected chi connectivity index (χ4v) is 2.65. The molecule has 2 heterocycles. The van der Waals surface area contributed by atoms with Gasteiger partial charge in [0, 0.05) is 17.5 Å². The minimum absolute atomic E-state index is 0.114. The summed E-state index contributed by atoms with van der Waals surface area (Å²) in [7, 11) is 0. The van der Waals surface area contributed by atoms with Crippen LogP contribution in [0.25, 0.3) is 11.5 Å². The van der Waals surface area contributed by atoms with Crippen LogP contribution in [0.3, 0.4) is 0 Å². The second-order valence-electron chi connectivity index (χ2n) is 4.87. The van der Waals surface area contributed by atoms with Gasteiger partial charge in [-0.3, -0.25) is 0 Å². The molecule has 0 bridgehead atoms. The number of nitrogens with zero attached hydrogens (tertiary/aromatic N) is 2. The Kier molecular flexibility index (Phi) is 4.03. The van der Waals surface area contributed by atoms with Gasteiger partial charge in [0.25, 0.3) is 5.89 Å². The van der Waals surface area contributed by atoms with E-state index in [0.29, 0.717) is 23.7 Å². The number of aromatic nitrogens is 2. The zero-order valence-electron chi connectivity index (χ0n) is 10.9. The van der Waals surface area contributed by atoms with Crippen LogP contribution in [-0.2, 0) is 11.2 Å². The minimum Gasteiger partial charge on any atom is -0.507 e. The summed E-state index contributed by atoms with van der Waals surface area (Å²) in [6.07, 6.45) is 4.17. The molecule has 1 saturated heterocycles. The van der Waals surface area contributed by atoms with Crippen LogP contribution in [0.2, 0.25) is 0 Å². The van der Waals surface area contributed by atoms with Crippen molar-refractivity contribution in [2.24, 2.45) is 0 Å². The van der Waals surface area contributed by atoms with Gasteiger partial charge in [-0.25, -0.2) is 0 Å². The topological polar surface area (TPSA) is 68.4 Å². The number of hydrogen-bond donors (Lipinski definition) is 1. The molecule has 3 rings (SSSR count). The van der Waals surface area contributed by atoms with Crippen LogP contribution in [0.1, 0.15) is 25.1 Å². The van der Waals surface area contributed by atoms with Gasteiger partial charge in [0.05, 0.1) is 11.7 Å². The van der Waals surface area contributed by atoms with E-state index >= 15 is 0 Å². The molecule has 0 saturated carbocycles. The SMILES string of the molecule is Oc1cc(Br)ccc1-c1nc(CC2CCCCO2)no1. The van der Waals surface area contributed by atoms with Gasteiger partial charge < -0.3 is 14.4 Å². The Labute approximate surface area is 125 Å². The average molecular weight is 339 g/mol. The van der Waals surface area contributed by atoms with Crippen molar-refractivity contribution in [2.75, 3.05) is 6.61 Å². The monoisotopic (exact) mass is 338 g/mol. The van der Waals surface area contributed by atoms with Gasteiger partial charge in [-0.15, -0.1) is 0 Å². The first-order chi connectivity index (χ1) is 9.72. The molecule has 1 aromatic heterocycles. The van der Waals surface area contributed by atoms with Crippen molar-refractivity contribution in [1.82, 2.24) is 10.1 Å². The van der Waals surface area contributed by atoms with Crippen LogP contribution in [0.5, 0.6) is 5.75 Å². The summed E-state index contributed by atoms with van der Waals surface area (Å²) >= 11 is 3.30. The Morgan fingerprint density at radius 3 is 3.00 bits per heavy atom. The highest BCUT2D eigenvalue weighted by Gasteiger charge is 2.19. The largest absolute Gasteiger partial charge is 0.507 e. The normalized spacial score (nSPS) is 19.1. The van der Waals surface area contributed by atoms with Crippen LogP contribution < -0.4 is 0 Å². The molecule has 0 radical (unpaired) electrons. The quantitative estimate of drug-likeness (QED) is 0.929. The fourth-order valence-electron chi connectivity index (χ4n) is 2.30. The zero-order chi connectivity index (χ0) is 13.9. The second-order valence-corrected chi connectivity index (χ2v) is 5.79. The molecule has 0 aliphatic carbocycles. The predicted molar refractivity (Wildman–Crippen MR) is 76.4 cm³/mol. The lowest BCUT2D eigenvalue weighted by atomic mass is 10.1. The molecule has 6 heteroatoms. The van der Waals surface area contributed by atoms with E-state index in [9.17, 15) is 5.11 Å². The number of aromatic hydroxyl groups is 1. The van der Waals surface area contributed by atoms with Crippen LogP contribution in [0, 0.1) is 0 Å². The van der Waals surface area contributed by atoms with Gasteiger partial charge in [0.1, 0.15) is 5.75 Å². The first kappa shape index (κ1) is 13.6. The maximum atomic E-state index is 9.89. The molecule has 106 valence electrons. The molecule has 2 aromatic rings. The molecule has 1 N–H and O–H groups in total. The van der Waals surface area contributed by atoms with Crippen molar-refractivity contribution in [3.63, 3.8) is 0 Å². The summed E-state index contributed by atoms with van der Waals surface area (Å²) in [5.74, 6) is 1.07. The second kappa shape index (κ2) is 5.93. The molecule has 1 aliphatic rings. The third-order valence-electron chi connectivity index (χ3n) is 3.34. The Bertz CT molecular complexity index is 594. The summed E-state index contributed by atoms with van der Waals surface area (Å²) in [5.41, 5.74) is 0.538. The number of halogens is 1. The maximum Gasteiger partial charge on any atom is 0.261 e. The Balaban J connectivity index is 1.75. The number of benzene rings is 1. The lowest BCUT2D eigenvalue weighted by Gasteiger charge is -2.20. The summed E-state index contributed by atoms with van der Waals surface area (Å²) in [5, 5.41) is 13.9. The number of phenolic OH excluding ortho intramolecular Hbond substituents is 1. The van der Waals surface area contributed by atoms with Gasteiger partial charge >= 0.3 is 0 Å². The molecule has 1 aliphatic heterocycles. The Morgan fingerprint density at radius 2 is 2.25 bits per heavy atom. The first-order valence-electron chi connectivity index (χ1n) is 6.65. The third kappa shape index (κ3) is 3.02. The lowest BCUT2D eigenvalue weighted by Crippen LogP contribution is -2.21. The zero-order valence-corrected chi connectivity index (χ0v) is 12.5. The maximum absolute atomic E-state index is 9.89. The Morgan fingerprint density at radius 1 is 1.35 bits per heavy atom. The molecule has 1 unspecified atom stereocenters. The molecule has 1 aromatic carbocycles. The lowest BCUT2D eigenvalue weighted by molar-refractivity contribution is 0.0153. The molecule has 1 fully saturated rings. The van der Waals surface area contributed by atoms with E-state index in [4.69, 9.17) is 9.26 Å². The van der Waals surface area contributed by atoms with Gasteiger partial charge in [-0.05, 0) is 37.5 Å². The minimum atomic E-state index is 0.114. The highest BCUT2D eigenvalue weighted by atomic mass is 79.9. The number of ether oxygens (including phenoxy) is 1. The van der Waals surface area contributed by atoms with Crippen LogP contribution in [0.4, 0.5) is 0 Å². The number of rotatable bonds is 3. The van der Waals surface area contributed by atoms with Crippen molar-refractivity contribution >= 4 is 15.9 Å². The molecule has 0 spiro atoms. The van der Waals surface area contributed by atoms with E-state index in [2.05, 4.69) is 26.1 Å². The number of hydrogen-bond acceptors (Lipinski definition) is 5.